The van der Waals surface area contributed by atoms with E-state index in [0.717, 1.165) is 12.0 Å². The number of benzene rings is 1. The largest absolute Gasteiger partial charge is 0.326 e. The SMILES string of the molecule is CCC(N)C(C)N(C)C(C)c1ccccc1F. The van der Waals surface area contributed by atoms with E-state index in [-0.39, 0.29) is 23.9 Å². The van der Waals surface area contributed by atoms with Crippen LogP contribution in [-0.4, -0.2) is 24.0 Å². The Morgan fingerprint density at radius 2 is 1.88 bits per heavy atom. The molecule has 17 heavy (non-hydrogen) atoms. The zero-order chi connectivity index (χ0) is 13.0. The van der Waals surface area contributed by atoms with Crippen LogP contribution in [0.15, 0.2) is 24.3 Å². The number of hydrogen-bond donors (Lipinski definition) is 1. The van der Waals surface area contributed by atoms with Gasteiger partial charge in [-0.05, 0) is 33.4 Å². The van der Waals surface area contributed by atoms with E-state index in [1.165, 1.54) is 6.07 Å². The molecule has 0 fully saturated rings. The molecule has 0 saturated carbocycles. The molecule has 0 aromatic heterocycles. The quantitative estimate of drug-likeness (QED) is 0.854. The first-order valence-electron chi connectivity index (χ1n) is 6.21. The van der Waals surface area contributed by atoms with Crippen molar-refractivity contribution in [1.29, 1.82) is 0 Å². The number of hydrogen-bond acceptors (Lipinski definition) is 2. The van der Waals surface area contributed by atoms with E-state index >= 15 is 0 Å². The standard InChI is InChI=1S/C14H23FN2/c1-5-14(16)11(3)17(4)10(2)12-8-6-7-9-13(12)15/h6-11,14H,5,16H2,1-4H3. The third-order valence-electron chi connectivity index (χ3n) is 3.70. The van der Waals surface area contributed by atoms with Gasteiger partial charge in [-0.3, -0.25) is 4.90 Å². The summed E-state index contributed by atoms with van der Waals surface area (Å²) < 4.78 is 13.7. The van der Waals surface area contributed by atoms with E-state index < -0.39 is 0 Å². The molecule has 3 heteroatoms. The number of rotatable bonds is 5. The molecular weight excluding hydrogens is 215 g/mol. The molecule has 1 aromatic carbocycles. The summed E-state index contributed by atoms with van der Waals surface area (Å²) in [5, 5.41) is 0. The first-order valence-corrected chi connectivity index (χ1v) is 6.21. The van der Waals surface area contributed by atoms with Gasteiger partial charge in [0.15, 0.2) is 0 Å². The predicted molar refractivity (Wildman–Crippen MR) is 70.3 cm³/mol. The van der Waals surface area contributed by atoms with E-state index in [1.807, 2.05) is 26.1 Å². The molecule has 96 valence electrons. The summed E-state index contributed by atoms with van der Waals surface area (Å²) in [5.41, 5.74) is 6.76. The van der Waals surface area contributed by atoms with E-state index in [9.17, 15) is 4.39 Å². The van der Waals surface area contributed by atoms with Crippen molar-refractivity contribution in [2.75, 3.05) is 7.05 Å². The molecule has 0 aliphatic carbocycles. The Balaban J connectivity index is 2.83. The maximum absolute atomic E-state index is 13.7. The van der Waals surface area contributed by atoms with Crippen LogP contribution in [0.25, 0.3) is 0 Å². The van der Waals surface area contributed by atoms with Crippen LogP contribution >= 0.6 is 0 Å². The van der Waals surface area contributed by atoms with Crippen LogP contribution in [-0.2, 0) is 0 Å². The van der Waals surface area contributed by atoms with Gasteiger partial charge in [0.2, 0.25) is 0 Å². The average Bonchev–Trinajstić information content (AvgIpc) is 2.35. The van der Waals surface area contributed by atoms with Crippen molar-refractivity contribution in [1.82, 2.24) is 4.90 Å². The minimum Gasteiger partial charge on any atom is -0.326 e. The third kappa shape index (κ3) is 3.27. The maximum atomic E-state index is 13.7. The molecule has 0 aliphatic rings. The predicted octanol–water partition coefficient (Wildman–Crippen LogP) is 2.94. The van der Waals surface area contributed by atoms with Crippen LogP contribution in [0.1, 0.15) is 38.8 Å². The molecule has 0 spiro atoms. The van der Waals surface area contributed by atoms with Crippen molar-refractivity contribution < 1.29 is 4.39 Å². The van der Waals surface area contributed by atoms with Gasteiger partial charge in [0.05, 0.1) is 0 Å². The minimum absolute atomic E-state index is 0.0313. The van der Waals surface area contributed by atoms with Crippen molar-refractivity contribution in [3.8, 4) is 0 Å². The second-order valence-electron chi connectivity index (χ2n) is 4.68. The van der Waals surface area contributed by atoms with E-state index in [2.05, 4.69) is 18.7 Å². The van der Waals surface area contributed by atoms with Crippen molar-refractivity contribution in [3.63, 3.8) is 0 Å². The van der Waals surface area contributed by atoms with Gasteiger partial charge in [-0.1, -0.05) is 25.1 Å². The lowest BCUT2D eigenvalue weighted by molar-refractivity contribution is 0.168. The Hall–Kier alpha value is -0.930. The van der Waals surface area contributed by atoms with E-state index in [0.29, 0.717) is 0 Å². The fraction of sp³-hybridized carbons (Fsp3) is 0.571. The molecule has 3 unspecified atom stereocenters. The highest BCUT2D eigenvalue weighted by Crippen LogP contribution is 2.24. The summed E-state index contributed by atoms with van der Waals surface area (Å²) in [6, 6.07) is 7.30. The van der Waals surface area contributed by atoms with Gasteiger partial charge in [0.1, 0.15) is 5.82 Å². The van der Waals surface area contributed by atoms with Crippen LogP contribution in [0.3, 0.4) is 0 Å². The maximum Gasteiger partial charge on any atom is 0.127 e. The Labute approximate surface area is 104 Å². The second-order valence-corrected chi connectivity index (χ2v) is 4.68. The summed E-state index contributed by atoms with van der Waals surface area (Å²) in [4.78, 5) is 2.13. The van der Waals surface area contributed by atoms with Gasteiger partial charge in [-0.15, -0.1) is 0 Å². The number of likely N-dealkylation sites (N-methyl/N-ethyl adjacent to an activating group) is 1. The Morgan fingerprint density at radius 1 is 1.29 bits per heavy atom. The molecule has 2 nitrogen and oxygen atoms in total. The third-order valence-corrected chi connectivity index (χ3v) is 3.70. The van der Waals surface area contributed by atoms with Crippen molar-refractivity contribution in [3.05, 3.63) is 35.6 Å². The first-order chi connectivity index (χ1) is 7.99. The van der Waals surface area contributed by atoms with E-state index in [4.69, 9.17) is 5.73 Å². The lowest BCUT2D eigenvalue weighted by Gasteiger charge is -2.34. The molecule has 0 bridgehead atoms. The number of nitrogens with zero attached hydrogens (tertiary/aromatic N) is 1. The van der Waals surface area contributed by atoms with Gasteiger partial charge in [-0.2, -0.15) is 0 Å². The van der Waals surface area contributed by atoms with Gasteiger partial charge in [0, 0.05) is 23.7 Å². The lowest BCUT2D eigenvalue weighted by atomic mass is 10.0. The second kappa shape index (κ2) is 6.12. The normalized spacial score (nSPS) is 16.9. The van der Waals surface area contributed by atoms with E-state index in [1.54, 1.807) is 6.07 Å². The van der Waals surface area contributed by atoms with Crippen LogP contribution in [0.5, 0.6) is 0 Å². The lowest BCUT2D eigenvalue weighted by Crippen LogP contribution is -2.44. The zero-order valence-corrected chi connectivity index (χ0v) is 11.2. The van der Waals surface area contributed by atoms with Crippen LogP contribution < -0.4 is 5.73 Å². The Morgan fingerprint density at radius 3 is 2.41 bits per heavy atom. The van der Waals surface area contributed by atoms with Crippen LogP contribution in [0, 0.1) is 5.82 Å². The fourth-order valence-corrected chi connectivity index (χ4v) is 2.03. The Kier molecular flexibility index (Phi) is 5.09. The zero-order valence-electron chi connectivity index (χ0n) is 11.2. The monoisotopic (exact) mass is 238 g/mol. The molecule has 0 saturated heterocycles. The topological polar surface area (TPSA) is 29.3 Å². The van der Waals surface area contributed by atoms with Gasteiger partial charge < -0.3 is 5.73 Å². The molecule has 1 rings (SSSR count). The molecule has 3 atom stereocenters. The van der Waals surface area contributed by atoms with Crippen molar-refractivity contribution in [2.24, 2.45) is 5.73 Å². The first kappa shape index (κ1) is 14.1. The summed E-state index contributed by atoms with van der Waals surface area (Å²) in [7, 11) is 2.00. The highest BCUT2D eigenvalue weighted by atomic mass is 19.1. The molecule has 1 aromatic rings. The van der Waals surface area contributed by atoms with Crippen LogP contribution in [0.4, 0.5) is 4.39 Å². The highest BCUT2D eigenvalue weighted by molar-refractivity contribution is 5.20. The highest BCUT2D eigenvalue weighted by Gasteiger charge is 2.22. The van der Waals surface area contributed by atoms with Gasteiger partial charge in [0.25, 0.3) is 0 Å². The van der Waals surface area contributed by atoms with Crippen LogP contribution in [0.2, 0.25) is 0 Å². The average molecular weight is 238 g/mol. The van der Waals surface area contributed by atoms with Gasteiger partial charge in [-0.25, -0.2) is 4.39 Å². The fourth-order valence-electron chi connectivity index (χ4n) is 2.03. The van der Waals surface area contributed by atoms with Crippen molar-refractivity contribution >= 4 is 0 Å². The summed E-state index contributed by atoms with van der Waals surface area (Å²) in [6.45, 7) is 6.17. The number of nitrogens with two attached hydrogens (primary N) is 1. The number of halogens is 1. The molecule has 2 N–H and O–H groups in total. The van der Waals surface area contributed by atoms with Crippen molar-refractivity contribution in [2.45, 2.75) is 45.3 Å². The summed E-state index contributed by atoms with van der Waals surface area (Å²) >= 11 is 0. The summed E-state index contributed by atoms with van der Waals surface area (Å²) in [6.07, 6.45) is 0.926. The minimum atomic E-state index is -0.149. The molecule has 0 amide bonds. The molecule has 0 aliphatic heterocycles. The smallest absolute Gasteiger partial charge is 0.127 e. The molecule has 0 radical (unpaired) electrons. The Bertz CT molecular complexity index is 354. The molecule has 0 heterocycles. The van der Waals surface area contributed by atoms with Gasteiger partial charge >= 0.3 is 0 Å². The summed E-state index contributed by atoms with van der Waals surface area (Å²) in [5.74, 6) is -0.149. The molecular formula is C14H23FN2.